The second kappa shape index (κ2) is 2.95. The maximum Gasteiger partial charge on any atom is 0.222 e. The van der Waals surface area contributed by atoms with Gasteiger partial charge in [-0.05, 0) is 12.1 Å². The number of nitrogens with two attached hydrogens (primary N) is 2. The number of hydrogen-bond acceptors (Lipinski definition) is 4. The quantitative estimate of drug-likeness (QED) is 0.695. The van der Waals surface area contributed by atoms with Gasteiger partial charge in [0.05, 0.1) is 15.9 Å². The second-order valence-corrected chi connectivity index (χ2v) is 3.13. The highest BCUT2D eigenvalue weighted by atomic mass is 35.5. The van der Waals surface area contributed by atoms with Crippen LogP contribution in [-0.2, 0) is 0 Å². The standard InChI is InChI=1S/C8H6ClFN4/c9-3-1-2-4(10)5-6(3)13-8(12)14-7(5)11/h1-2H,(H4,11,12,13,14). The molecule has 0 unspecified atom stereocenters. The van der Waals surface area contributed by atoms with E-state index in [2.05, 4.69) is 9.97 Å². The van der Waals surface area contributed by atoms with Crippen LogP contribution in [0.1, 0.15) is 0 Å². The third kappa shape index (κ3) is 1.22. The maximum atomic E-state index is 13.3. The summed E-state index contributed by atoms with van der Waals surface area (Å²) in [6.07, 6.45) is 0. The van der Waals surface area contributed by atoms with Crippen LogP contribution in [0.4, 0.5) is 16.2 Å². The van der Waals surface area contributed by atoms with Crippen LogP contribution in [0.2, 0.25) is 5.02 Å². The molecule has 1 aromatic carbocycles. The van der Waals surface area contributed by atoms with Crippen molar-refractivity contribution in [1.29, 1.82) is 0 Å². The maximum absolute atomic E-state index is 13.3. The van der Waals surface area contributed by atoms with Gasteiger partial charge in [0.25, 0.3) is 0 Å². The van der Waals surface area contributed by atoms with Gasteiger partial charge in [0.1, 0.15) is 11.6 Å². The average Bonchev–Trinajstić information content (AvgIpc) is 2.10. The molecule has 4 N–H and O–H groups in total. The molecular weight excluding hydrogens is 207 g/mol. The van der Waals surface area contributed by atoms with Gasteiger partial charge in [-0.25, -0.2) is 9.37 Å². The summed E-state index contributed by atoms with van der Waals surface area (Å²) in [5, 5.41) is 0.397. The van der Waals surface area contributed by atoms with Gasteiger partial charge in [-0.3, -0.25) is 0 Å². The lowest BCUT2D eigenvalue weighted by Crippen LogP contribution is -2.02. The van der Waals surface area contributed by atoms with Crippen molar-refractivity contribution < 1.29 is 4.39 Å². The van der Waals surface area contributed by atoms with Gasteiger partial charge in [0, 0.05) is 0 Å². The third-order valence-electron chi connectivity index (χ3n) is 1.80. The first-order valence-electron chi connectivity index (χ1n) is 3.76. The van der Waals surface area contributed by atoms with Crippen LogP contribution in [0, 0.1) is 5.82 Å². The molecule has 2 aromatic rings. The van der Waals surface area contributed by atoms with Gasteiger partial charge in [0.15, 0.2) is 0 Å². The van der Waals surface area contributed by atoms with Crippen molar-refractivity contribution in [1.82, 2.24) is 9.97 Å². The van der Waals surface area contributed by atoms with E-state index in [0.29, 0.717) is 5.02 Å². The average molecular weight is 213 g/mol. The summed E-state index contributed by atoms with van der Waals surface area (Å²) in [6.45, 7) is 0. The minimum absolute atomic E-state index is 0.00694. The van der Waals surface area contributed by atoms with E-state index in [1.54, 1.807) is 0 Å². The zero-order valence-corrected chi connectivity index (χ0v) is 7.72. The number of benzene rings is 1. The molecule has 0 saturated carbocycles. The molecule has 0 aliphatic heterocycles. The number of nitrogen functional groups attached to an aromatic ring is 2. The fraction of sp³-hybridized carbons (Fsp3) is 0. The van der Waals surface area contributed by atoms with E-state index in [1.807, 2.05) is 0 Å². The van der Waals surface area contributed by atoms with E-state index < -0.39 is 5.82 Å². The van der Waals surface area contributed by atoms with Gasteiger partial charge in [-0.2, -0.15) is 4.98 Å². The Balaban J connectivity index is 3.00. The van der Waals surface area contributed by atoms with Gasteiger partial charge in [-0.1, -0.05) is 11.6 Å². The Morgan fingerprint density at radius 1 is 1.21 bits per heavy atom. The van der Waals surface area contributed by atoms with E-state index in [9.17, 15) is 4.39 Å². The summed E-state index contributed by atoms with van der Waals surface area (Å²) in [6, 6.07) is 2.60. The van der Waals surface area contributed by atoms with E-state index in [0.717, 1.165) is 0 Å². The van der Waals surface area contributed by atoms with Crippen LogP contribution in [0.15, 0.2) is 12.1 Å². The first-order valence-corrected chi connectivity index (χ1v) is 4.14. The zero-order valence-electron chi connectivity index (χ0n) is 6.96. The highest BCUT2D eigenvalue weighted by molar-refractivity contribution is 6.35. The molecule has 0 aliphatic carbocycles. The number of halogens is 2. The van der Waals surface area contributed by atoms with Gasteiger partial charge in [-0.15, -0.1) is 0 Å². The molecule has 14 heavy (non-hydrogen) atoms. The summed E-state index contributed by atoms with van der Waals surface area (Å²) < 4.78 is 13.3. The number of nitrogens with zero attached hydrogens (tertiary/aromatic N) is 2. The van der Waals surface area contributed by atoms with Gasteiger partial charge in [0.2, 0.25) is 5.95 Å². The summed E-state index contributed by atoms with van der Waals surface area (Å²) in [5.41, 5.74) is 11.1. The molecule has 0 radical (unpaired) electrons. The first-order chi connectivity index (χ1) is 6.59. The largest absolute Gasteiger partial charge is 0.383 e. The fourth-order valence-corrected chi connectivity index (χ4v) is 1.41. The molecule has 0 saturated heterocycles. The van der Waals surface area contributed by atoms with Crippen LogP contribution in [0.3, 0.4) is 0 Å². The Morgan fingerprint density at radius 3 is 2.64 bits per heavy atom. The Kier molecular flexibility index (Phi) is 1.89. The molecule has 2 rings (SSSR count). The lowest BCUT2D eigenvalue weighted by molar-refractivity contribution is 0.639. The lowest BCUT2D eigenvalue weighted by Gasteiger charge is -2.04. The van der Waals surface area contributed by atoms with Crippen molar-refractivity contribution in [2.24, 2.45) is 0 Å². The number of rotatable bonds is 0. The zero-order chi connectivity index (χ0) is 10.3. The molecule has 0 atom stereocenters. The highest BCUT2D eigenvalue weighted by Crippen LogP contribution is 2.27. The Morgan fingerprint density at radius 2 is 1.93 bits per heavy atom. The molecule has 4 nitrogen and oxygen atoms in total. The van der Waals surface area contributed by atoms with Crippen molar-refractivity contribution in [3.8, 4) is 0 Å². The SMILES string of the molecule is Nc1nc(N)c2c(F)ccc(Cl)c2n1. The fourth-order valence-electron chi connectivity index (χ4n) is 1.21. The van der Waals surface area contributed by atoms with Crippen molar-refractivity contribution in [2.45, 2.75) is 0 Å². The molecule has 0 bridgehead atoms. The van der Waals surface area contributed by atoms with Gasteiger partial charge < -0.3 is 11.5 Å². The lowest BCUT2D eigenvalue weighted by atomic mass is 10.2. The minimum atomic E-state index is -0.512. The smallest absolute Gasteiger partial charge is 0.222 e. The van der Waals surface area contributed by atoms with Crippen molar-refractivity contribution in [2.75, 3.05) is 11.5 Å². The van der Waals surface area contributed by atoms with Crippen LogP contribution < -0.4 is 11.5 Å². The van der Waals surface area contributed by atoms with E-state index in [4.69, 9.17) is 23.1 Å². The van der Waals surface area contributed by atoms with Crippen LogP contribution >= 0.6 is 11.6 Å². The summed E-state index contributed by atoms with van der Waals surface area (Å²) >= 11 is 5.80. The monoisotopic (exact) mass is 212 g/mol. The van der Waals surface area contributed by atoms with Crippen molar-refractivity contribution >= 4 is 34.3 Å². The van der Waals surface area contributed by atoms with Crippen LogP contribution in [0.5, 0.6) is 0 Å². The molecule has 0 spiro atoms. The summed E-state index contributed by atoms with van der Waals surface area (Å²) in [4.78, 5) is 7.46. The Hall–Kier alpha value is -1.62. The van der Waals surface area contributed by atoms with Crippen molar-refractivity contribution in [3.63, 3.8) is 0 Å². The molecule has 1 aromatic heterocycles. The highest BCUT2D eigenvalue weighted by Gasteiger charge is 2.11. The topological polar surface area (TPSA) is 77.8 Å². The Bertz CT molecular complexity index is 514. The number of fused-ring (bicyclic) bond motifs is 1. The minimum Gasteiger partial charge on any atom is -0.383 e. The summed E-state index contributed by atoms with van der Waals surface area (Å²) in [7, 11) is 0. The van der Waals surface area contributed by atoms with Gasteiger partial charge >= 0.3 is 0 Å². The molecule has 0 fully saturated rings. The predicted octanol–water partition coefficient (Wildman–Crippen LogP) is 1.59. The van der Waals surface area contributed by atoms with Crippen molar-refractivity contribution in [3.05, 3.63) is 23.0 Å². The van der Waals surface area contributed by atoms with Crippen LogP contribution in [0.25, 0.3) is 10.9 Å². The molecule has 72 valence electrons. The number of anilines is 2. The normalized spacial score (nSPS) is 10.7. The Labute approximate surface area is 83.7 Å². The number of hydrogen-bond donors (Lipinski definition) is 2. The molecule has 6 heteroatoms. The molecule has 1 heterocycles. The summed E-state index contributed by atoms with van der Waals surface area (Å²) in [5.74, 6) is -0.545. The third-order valence-corrected chi connectivity index (χ3v) is 2.10. The van der Waals surface area contributed by atoms with E-state index in [-0.39, 0.29) is 22.7 Å². The molecule has 0 amide bonds. The van der Waals surface area contributed by atoms with Crippen LogP contribution in [-0.4, -0.2) is 9.97 Å². The first kappa shape index (κ1) is 8.96. The van der Waals surface area contributed by atoms with E-state index in [1.165, 1.54) is 12.1 Å². The number of aromatic nitrogens is 2. The molecule has 0 aliphatic rings. The predicted molar refractivity (Wildman–Crippen MR) is 53.3 cm³/mol. The van der Waals surface area contributed by atoms with E-state index >= 15 is 0 Å². The molecular formula is C8H6ClFN4. The second-order valence-electron chi connectivity index (χ2n) is 2.72.